The highest BCUT2D eigenvalue weighted by Crippen LogP contribution is 2.39. The van der Waals surface area contributed by atoms with E-state index in [9.17, 15) is 4.79 Å². The van der Waals surface area contributed by atoms with Gasteiger partial charge in [-0.2, -0.15) is 0 Å². The quantitative estimate of drug-likeness (QED) is 0.391. The van der Waals surface area contributed by atoms with Gasteiger partial charge in [-0.3, -0.25) is 0 Å². The Morgan fingerprint density at radius 3 is 2.00 bits per heavy atom. The second kappa shape index (κ2) is 11.1. The van der Waals surface area contributed by atoms with E-state index in [2.05, 4.69) is 0 Å². The van der Waals surface area contributed by atoms with Crippen LogP contribution in [-0.2, 0) is 36.9 Å². The number of fused-ring (bicyclic) bond motifs is 1. The zero-order chi connectivity index (χ0) is 23.2. The van der Waals surface area contributed by atoms with E-state index in [1.54, 1.807) is 11.8 Å². The van der Waals surface area contributed by atoms with Crippen molar-refractivity contribution in [1.29, 1.82) is 0 Å². The minimum Gasteiger partial charge on any atom is -0.424 e. The first kappa shape index (κ1) is 22.9. The lowest BCUT2D eigenvalue weighted by molar-refractivity contribution is -0.192. The molecule has 0 radical (unpaired) electrons. The summed E-state index contributed by atoms with van der Waals surface area (Å²) in [5.74, 6) is 0. The molecular weight excluding hydrogens is 452 g/mol. The van der Waals surface area contributed by atoms with Crippen LogP contribution < -0.4 is 0 Å². The Kier molecular flexibility index (Phi) is 7.46. The summed E-state index contributed by atoms with van der Waals surface area (Å²) in [7, 11) is 0. The second-order valence-corrected chi connectivity index (χ2v) is 9.32. The summed E-state index contributed by atoms with van der Waals surface area (Å²) in [5.41, 5.74) is 1.68. The van der Waals surface area contributed by atoms with Crippen molar-refractivity contribution in [3.63, 3.8) is 0 Å². The molecule has 5 atom stereocenters. The third-order valence-electron chi connectivity index (χ3n) is 5.73. The van der Waals surface area contributed by atoms with Crippen molar-refractivity contribution in [2.75, 3.05) is 6.61 Å². The minimum atomic E-state index is -0.703. The Morgan fingerprint density at radius 1 is 0.735 bits per heavy atom. The van der Waals surface area contributed by atoms with Gasteiger partial charge >= 0.3 is 6.16 Å². The van der Waals surface area contributed by atoms with Crippen molar-refractivity contribution >= 4 is 17.9 Å². The Bertz CT molecular complexity index is 1050. The van der Waals surface area contributed by atoms with Crippen LogP contribution in [0.4, 0.5) is 4.79 Å². The molecule has 34 heavy (non-hydrogen) atoms. The predicted molar refractivity (Wildman–Crippen MR) is 127 cm³/mol. The molecule has 7 heteroatoms. The van der Waals surface area contributed by atoms with Crippen molar-refractivity contribution in [3.05, 3.63) is 102 Å². The molecule has 2 aliphatic heterocycles. The van der Waals surface area contributed by atoms with Gasteiger partial charge in [-0.15, -0.1) is 0 Å². The third kappa shape index (κ3) is 5.62. The SMILES string of the molecule is O=C1O[C@@H]2[C@@H](OCc3ccccc3)[C@H](Sc3ccccc3)O[C@H](COCc3ccccc3)[C@H]2O1. The van der Waals surface area contributed by atoms with Crippen molar-refractivity contribution in [2.24, 2.45) is 0 Å². The van der Waals surface area contributed by atoms with E-state index in [-0.39, 0.29) is 6.61 Å². The molecule has 0 saturated carbocycles. The molecule has 5 rings (SSSR count). The van der Waals surface area contributed by atoms with Gasteiger partial charge in [0.15, 0.2) is 12.2 Å². The van der Waals surface area contributed by atoms with Gasteiger partial charge in [0.1, 0.15) is 17.6 Å². The number of hydrogen-bond donors (Lipinski definition) is 0. The minimum absolute atomic E-state index is 0.268. The van der Waals surface area contributed by atoms with E-state index in [4.69, 9.17) is 23.7 Å². The highest BCUT2D eigenvalue weighted by Gasteiger charge is 2.55. The van der Waals surface area contributed by atoms with Crippen molar-refractivity contribution in [1.82, 2.24) is 0 Å². The van der Waals surface area contributed by atoms with Crippen molar-refractivity contribution < 1.29 is 28.5 Å². The van der Waals surface area contributed by atoms with E-state index < -0.39 is 36.0 Å². The average Bonchev–Trinajstić information content (AvgIpc) is 3.27. The topological polar surface area (TPSA) is 63.2 Å². The van der Waals surface area contributed by atoms with Crippen LogP contribution in [0.5, 0.6) is 0 Å². The second-order valence-electron chi connectivity index (χ2n) is 8.15. The number of thioether (sulfide) groups is 1. The van der Waals surface area contributed by atoms with E-state index in [1.807, 2.05) is 91.0 Å². The van der Waals surface area contributed by atoms with E-state index >= 15 is 0 Å². The zero-order valence-electron chi connectivity index (χ0n) is 18.5. The molecule has 0 bridgehead atoms. The summed E-state index contributed by atoms with van der Waals surface area (Å²) in [6.07, 6.45) is -2.87. The summed E-state index contributed by atoms with van der Waals surface area (Å²) >= 11 is 1.54. The Morgan fingerprint density at radius 2 is 1.32 bits per heavy atom. The standard InChI is InChI=1S/C27H26O6S/c28-27-32-23-22(18-29-16-19-10-4-1-5-11-19)31-26(34-21-14-8-3-9-15-21)25(24(23)33-27)30-17-20-12-6-2-7-13-20/h1-15,22-26H,16-18H2/t22-,23-,24+,25-,26+/m1/s1. The van der Waals surface area contributed by atoms with Crippen LogP contribution >= 0.6 is 11.8 Å². The van der Waals surface area contributed by atoms with Crippen LogP contribution in [0.25, 0.3) is 0 Å². The van der Waals surface area contributed by atoms with Gasteiger partial charge in [0.05, 0.1) is 19.8 Å². The molecule has 2 fully saturated rings. The van der Waals surface area contributed by atoms with Crippen LogP contribution in [-0.4, -0.2) is 42.6 Å². The lowest BCUT2D eigenvalue weighted by Gasteiger charge is -2.40. The summed E-state index contributed by atoms with van der Waals surface area (Å²) in [4.78, 5) is 13.2. The van der Waals surface area contributed by atoms with E-state index in [1.165, 1.54) is 0 Å². The lowest BCUT2D eigenvalue weighted by Crippen LogP contribution is -2.57. The van der Waals surface area contributed by atoms with Crippen LogP contribution in [0.1, 0.15) is 11.1 Å². The highest BCUT2D eigenvalue weighted by molar-refractivity contribution is 7.99. The molecule has 0 aliphatic carbocycles. The normalized spacial score (nSPS) is 25.9. The number of benzene rings is 3. The first-order chi connectivity index (χ1) is 16.8. The zero-order valence-corrected chi connectivity index (χ0v) is 19.3. The third-order valence-corrected chi connectivity index (χ3v) is 6.89. The van der Waals surface area contributed by atoms with Gasteiger partial charge in [0.2, 0.25) is 0 Å². The van der Waals surface area contributed by atoms with Gasteiger partial charge in [-0.25, -0.2) is 4.79 Å². The van der Waals surface area contributed by atoms with Gasteiger partial charge < -0.3 is 23.7 Å². The maximum absolute atomic E-state index is 12.1. The molecule has 0 N–H and O–H groups in total. The molecular formula is C27H26O6S. The molecule has 6 nitrogen and oxygen atoms in total. The molecule has 3 aromatic rings. The molecule has 2 saturated heterocycles. The Hall–Kier alpha value is -2.84. The first-order valence-electron chi connectivity index (χ1n) is 11.3. The van der Waals surface area contributed by atoms with Crippen LogP contribution in [0.15, 0.2) is 95.9 Å². The van der Waals surface area contributed by atoms with Crippen molar-refractivity contribution in [3.8, 4) is 0 Å². The number of carbonyl (C=O) groups excluding carboxylic acids is 1. The van der Waals surface area contributed by atoms with Gasteiger partial charge in [-0.1, -0.05) is 90.6 Å². The summed E-state index contributed by atoms with van der Waals surface area (Å²) in [6.45, 7) is 1.08. The monoisotopic (exact) mass is 478 g/mol. The first-order valence-corrected chi connectivity index (χ1v) is 12.2. The number of ether oxygens (including phenoxy) is 5. The molecule has 176 valence electrons. The molecule has 3 aromatic carbocycles. The van der Waals surface area contributed by atoms with Crippen LogP contribution in [0.3, 0.4) is 0 Å². The fourth-order valence-electron chi connectivity index (χ4n) is 4.08. The summed E-state index contributed by atoms with van der Waals surface area (Å²) < 4.78 is 29.8. The molecule has 0 aromatic heterocycles. The molecule has 0 unspecified atom stereocenters. The maximum Gasteiger partial charge on any atom is 0.509 e. The average molecular weight is 479 g/mol. The summed E-state index contributed by atoms with van der Waals surface area (Å²) in [5, 5.41) is 0. The predicted octanol–water partition coefficient (Wildman–Crippen LogP) is 5.21. The van der Waals surface area contributed by atoms with Crippen LogP contribution in [0, 0.1) is 0 Å². The smallest absolute Gasteiger partial charge is 0.424 e. The fraction of sp³-hybridized carbons (Fsp3) is 0.296. The van der Waals surface area contributed by atoms with E-state index in [0.29, 0.717) is 13.2 Å². The largest absolute Gasteiger partial charge is 0.509 e. The van der Waals surface area contributed by atoms with Crippen LogP contribution in [0.2, 0.25) is 0 Å². The van der Waals surface area contributed by atoms with Gasteiger partial charge in [0.25, 0.3) is 0 Å². The maximum atomic E-state index is 12.1. The number of rotatable bonds is 9. The number of carbonyl (C=O) groups is 1. The lowest BCUT2D eigenvalue weighted by atomic mass is 10.00. The molecule has 2 aliphatic rings. The fourth-order valence-corrected chi connectivity index (χ4v) is 5.23. The Labute approximate surface area is 203 Å². The molecule has 0 spiro atoms. The van der Waals surface area contributed by atoms with Gasteiger partial charge in [-0.05, 0) is 23.3 Å². The molecule has 0 amide bonds. The molecule has 2 heterocycles. The highest BCUT2D eigenvalue weighted by atomic mass is 32.2. The summed E-state index contributed by atoms with van der Waals surface area (Å²) in [6, 6.07) is 29.8. The van der Waals surface area contributed by atoms with Gasteiger partial charge in [0, 0.05) is 4.90 Å². The number of hydrogen-bond acceptors (Lipinski definition) is 7. The van der Waals surface area contributed by atoms with E-state index in [0.717, 1.165) is 16.0 Å². The van der Waals surface area contributed by atoms with Crippen molar-refractivity contribution in [2.45, 2.75) is 48.0 Å². The Balaban J connectivity index is 1.32.